The maximum atomic E-state index is 13.4. The first-order valence-electron chi connectivity index (χ1n) is 9.21. The molecule has 0 bridgehead atoms. The molecule has 1 aliphatic heterocycles. The summed E-state index contributed by atoms with van der Waals surface area (Å²) in [5.41, 5.74) is 1.49. The molecule has 2 aromatic rings. The highest BCUT2D eigenvalue weighted by Crippen LogP contribution is 2.47. The molecule has 1 spiro atoms. The maximum absolute atomic E-state index is 13.4. The molecule has 0 unspecified atom stereocenters. The summed E-state index contributed by atoms with van der Waals surface area (Å²) >= 11 is 5.98. The van der Waals surface area contributed by atoms with E-state index in [4.69, 9.17) is 4.74 Å². The lowest BCUT2D eigenvalue weighted by Crippen LogP contribution is -2.43. The number of hydrogen-bond donors (Lipinski definition) is 2. The van der Waals surface area contributed by atoms with Crippen LogP contribution in [-0.2, 0) is 14.6 Å². The van der Waals surface area contributed by atoms with Crippen molar-refractivity contribution in [1.82, 2.24) is 0 Å². The van der Waals surface area contributed by atoms with E-state index in [0.717, 1.165) is 48.4 Å². The zero-order valence-corrected chi connectivity index (χ0v) is 20.0. The molecule has 0 saturated heterocycles. The second-order valence-corrected chi connectivity index (χ2v) is 12.1. The number of ether oxygens (including phenoxy) is 1. The molecule has 4 rings (SSSR count). The van der Waals surface area contributed by atoms with Crippen molar-refractivity contribution in [3.05, 3.63) is 27.5 Å². The summed E-state index contributed by atoms with van der Waals surface area (Å²) in [6, 6.07) is 4.72. The molecule has 1 fully saturated rings. The third-order valence-corrected chi connectivity index (χ3v) is 10.2. The zero-order chi connectivity index (χ0) is 20.8. The molecule has 1 aromatic heterocycles. The van der Waals surface area contributed by atoms with E-state index in [-0.39, 0.29) is 20.3 Å². The van der Waals surface area contributed by atoms with Crippen LogP contribution in [-0.4, -0.2) is 33.4 Å². The van der Waals surface area contributed by atoms with Gasteiger partial charge in [-0.3, -0.25) is 0 Å². The Bertz CT molecular complexity index is 1080. The Morgan fingerprint density at radius 1 is 1.21 bits per heavy atom. The summed E-state index contributed by atoms with van der Waals surface area (Å²) in [7, 11) is -2.52. The van der Waals surface area contributed by atoms with Gasteiger partial charge in [-0.25, -0.2) is 13.2 Å². The predicted octanol–water partition coefficient (Wildman–Crippen LogP) is 5.35. The van der Waals surface area contributed by atoms with Crippen molar-refractivity contribution in [1.29, 1.82) is 0 Å². The van der Waals surface area contributed by atoms with Gasteiger partial charge in [0.05, 0.1) is 32.5 Å². The molecule has 6 nitrogen and oxygen atoms in total. The fraction of sp³-hybridized carbons (Fsp3) is 0.421. The molecule has 2 heterocycles. The minimum atomic E-state index is -3.80. The number of carbonyl (C=O) groups is 1. The summed E-state index contributed by atoms with van der Waals surface area (Å²) in [5.74, 6) is -0.535. The number of benzene rings is 1. The van der Waals surface area contributed by atoms with Crippen molar-refractivity contribution >= 4 is 66.2 Å². The van der Waals surface area contributed by atoms with Crippen LogP contribution in [0, 0.1) is 0 Å². The number of rotatable bonds is 4. The molecule has 1 aromatic carbocycles. The first-order chi connectivity index (χ1) is 13.8. The van der Waals surface area contributed by atoms with Gasteiger partial charge in [-0.15, -0.1) is 23.1 Å². The largest absolute Gasteiger partial charge is 0.465 e. The van der Waals surface area contributed by atoms with Crippen LogP contribution in [0.5, 0.6) is 0 Å². The van der Waals surface area contributed by atoms with Crippen LogP contribution in [0.3, 0.4) is 0 Å². The standard InChI is InChI=1S/C19H21BrN2O4S3/c1-26-17(23)14-10-15(18(27-2)28-14)29(24,25)11-8-12(20)16-13(9-11)21-19(22-16)6-4-3-5-7-19/h8-10,21-22H,3-7H2,1-2H3. The Hall–Kier alpha value is -1.23. The first kappa shape index (κ1) is 21.0. The number of fused-ring (bicyclic) bond motifs is 1. The smallest absolute Gasteiger partial charge is 0.348 e. The van der Waals surface area contributed by atoms with E-state index in [9.17, 15) is 13.2 Å². The molecule has 0 radical (unpaired) electrons. The predicted molar refractivity (Wildman–Crippen MR) is 120 cm³/mol. The monoisotopic (exact) mass is 516 g/mol. The van der Waals surface area contributed by atoms with Gasteiger partial charge in [0.15, 0.2) is 0 Å². The first-order valence-corrected chi connectivity index (χ1v) is 13.5. The van der Waals surface area contributed by atoms with Crippen LogP contribution < -0.4 is 10.6 Å². The van der Waals surface area contributed by atoms with E-state index < -0.39 is 15.8 Å². The molecular formula is C19H21BrN2O4S3. The Morgan fingerprint density at radius 3 is 2.59 bits per heavy atom. The number of hydrogen-bond acceptors (Lipinski definition) is 8. The highest BCUT2D eigenvalue weighted by Gasteiger charge is 2.39. The van der Waals surface area contributed by atoms with E-state index in [1.807, 2.05) is 0 Å². The van der Waals surface area contributed by atoms with Crippen molar-refractivity contribution in [2.24, 2.45) is 0 Å². The molecule has 1 saturated carbocycles. The number of esters is 1. The molecule has 0 amide bonds. The minimum Gasteiger partial charge on any atom is -0.465 e. The fourth-order valence-electron chi connectivity index (χ4n) is 3.91. The van der Waals surface area contributed by atoms with Crippen LogP contribution in [0.15, 0.2) is 36.7 Å². The van der Waals surface area contributed by atoms with Gasteiger partial charge < -0.3 is 15.4 Å². The van der Waals surface area contributed by atoms with Crippen molar-refractivity contribution in [2.75, 3.05) is 24.0 Å². The highest BCUT2D eigenvalue weighted by molar-refractivity contribution is 9.10. The lowest BCUT2D eigenvalue weighted by Gasteiger charge is -2.34. The molecular weight excluding hydrogens is 496 g/mol. The number of sulfone groups is 1. The fourth-order valence-corrected chi connectivity index (χ4v) is 8.59. The van der Waals surface area contributed by atoms with E-state index in [1.165, 1.54) is 31.4 Å². The van der Waals surface area contributed by atoms with Gasteiger partial charge in [0, 0.05) is 4.47 Å². The van der Waals surface area contributed by atoms with Gasteiger partial charge in [0.25, 0.3) is 0 Å². The Labute approximate surface area is 186 Å². The third-order valence-electron chi connectivity index (χ3n) is 5.35. The molecule has 29 heavy (non-hydrogen) atoms. The molecule has 2 aliphatic rings. The summed E-state index contributed by atoms with van der Waals surface area (Å²) in [5, 5.41) is 7.10. The molecule has 2 N–H and O–H groups in total. The number of thioether (sulfide) groups is 1. The number of anilines is 2. The maximum Gasteiger partial charge on any atom is 0.348 e. The zero-order valence-electron chi connectivity index (χ0n) is 16.0. The van der Waals surface area contributed by atoms with Crippen LogP contribution >= 0.6 is 39.0 Å². The van der Waals surface area contributed by atoms with Gasteiger partial charge >= 0.3 is 5.97 Å². The SMILES string of the molecule is COC(=O)c1cc(S(=O)(=O)c2cc(Br)c3c(c2)NC2(CCCCC2)N3)c(SC)s1. The Morgan fingerprint density at radius 2 is 1.93 bits per heavy atom. The van der Waals surface area contributed by atoms with Crippen molar-refractivity contribution in [3.8, 4) is 0 Å². The average molecular weight is 517 g/mol. The molecule has 156 valence electrons. The van der Waals surface area contributed by atoms with Gasteiger partial charge in [-0.2, -0.15) is 0 Å². The van der Waals surface area contributed by atoms with E-state index in [1.54, 1.807) is 18.4 Å². The van der Waals surface area contributed by atoms with Gasteiger partial charge in [0.1, 0.15) is 10.5 Å². The average Bonchev–Trinajstić information content (AvgIpc) is 3.30. The lowest BCUT2D eigenvalue weighted by molar-refractivity contribution is 0.0606. The Kier molecular flexibility index (Phi) is 5.65. The van der Waals surface area contributed by atoms with E-state index >= 15 is 0 Å². The summed E-state index contributed by atoms with van der Waals surface area (Å²) in [6.07, 6.45) is 7.29. The quantitative estimate of drug-likeness (QED) is 0.418. The molecule has 1 aliphatic carbocycles. The van der Waals surface area contributed by atoms with Crippen LogP contribution in [0.2, 0.25) is 0 Å². The van der Waals surface area contributed by atoms with Crippen molar-refractivity contribution in [2.45, 2.75) is 51.8 Å². The number of thiophene rings is 1. The number of halogens is 1. The summed E-state index contributed by atoms with van der Waals surface area (Å²) in [4.78, 5) is 12.5. The van der Waals surface area contributed by atoms with Crippen LogP contribution in [0.25, 0.3) is 0 Å². The van der Waals surface area contributed by atoms with Crippen molar-refractivity contribution < 1.29 is 17.9 Å². The van der Waals surface area contributed by atoms with Gasteiger partial charge in [-0.1, -0.05) is 6.42 Å². The third kappa shape index (κ3) is 3.68. The van der Waals surface area contributed by atoms with E-state index in [0.29, 0.717) is 8.68 Å². The number of methoxy groups -OCH3 is 1. The topological polar surface area (TPSA) is 84.5 Å². The second kappa shape index (κ2) is 7.79. The molecule has 10 heteroatoms. The number of nitrogens with one attached hydrogen (secondary N) is 2. The van der Waals surface area contributed by atoms with Crippen LogP contribution in [0.4, 0.5) is 11.4 Å². The summed E-state index contributed by atoms with van der Waals surface area (Å²) in [6.45, 7) is 0. The van der Waals surface area contributed by atoms with Gasteiger partial charge in [-0.05, 0) is 66.1 Å². The highest BCUT2D eigenvalue weighted by atomic mass is 79.9. The van der Waals surface area contributed by atoms with Crippen molar-refractivity contribution in [3.63, 3.8) is 0 Å². The number of carbonyl (C=O) groups excluding carboxylic acids is 1. The lowest BCUT2D eigenvalue weighted by atomic mass is 9.89. The molecule has 0 atom stereocenters. The normalized spacial score (nSPS) is 17.5. The summed E-state index contributed by atoms with van der Waals surface area (Å²) < 4.78 is 32.9. The Balaban J connectivity index is 1.75. The van der Waals surface area contributed by atoms with Crippen LogP contribution in [0.1, 0.15) is 41.8 Å². The van der Waals surface area contributed by atoms with E-state index in [2.05, 4.69) is 26.6 Å². The second-order valence-electron chi connectivity index (χ2n) is 7.18. The minimum absolute atomic E-state index is 0.139. The van der Waals surface area contributed by atoms with Gasteiger partial charge in [0.2, 0.25) is 9.84 Å².